The van der Waals surface area contributed by atoms with Crippen LogP contribution in [0.25, 0.3) is 11.3 Å². The fourth-order valence-corrected chi connectivity index (χ4v) is 3.82. The fraction of sp³-hybridized carbons (Fsp3) is 0.333. The quantitative estimate of drug-likeness (QED) is 0.756. The summed E-state index contributed by atoms with van der Waals surface area (Å²) in [7, 11) is 0. The second-order valence-corrected chi connectivity index (χ2v) is 7.54. The van der Waals surface area contributed by atoms with Gasteiger partial charge in [0.05, 0.1) is 23.0 Å². The number of thiazole rings is 1. The zero-order chi connectivity index (χ0) is 17.9. The van der Waals surface area contributed by atoms with E-state index in [9.17, 15) is 0 Å². The summed E-state index contributed by atoms with van der Waals surface area (Å²) in [5.74, 6) is 0.259. The normalized spacial score (nSPS) is 18.1. The molecule has 3 aromatic rings. The van der Waals surface area contributed by atoms with Gasteiger partial charge in [-0.25, -0.2) is 19.9 Å². The zero-order valence-corrected chi connectivity index (χ0v) is 15.3. The summed E-state index contributed by atoms with van der Waals surface area (Å²) in [6.07, 6.45) is 5.29. The summed E-state index contributed by atoms with van der Waals surface area (Å²) < 4.78 is 5.98. The predicted octanol–water partition coefficient (Wildman–Crippen LogP) is 2.46. The molecule has 0 aliphatic carbocycles. The van der Waals surface area contributed by atoms with E-state index in [0.717, 1.165) is 41.6 Å². The summed E-state index contributed by atoms with van der Waals surface area (Å²) >= 11 is 1.75. The average Bonchev–Trinajstić information content (AvgIpc) is 3.07. The van der Waals surface area contributed by atoms with E-state index in [4.69, 9.17) is 15.5 Å². The van der Waals surface area contributed by atoms with Gasteiger partial charge in [-0.1, -0.05) is 6.07 Å². The molecule has 0 radical (unpaired) electrons. The van der Waals surface area contributed by atoms with Crippen LogP contribution in [0.2, 0.25) is 0 Å². The van der Waals surface area contributed by atoms with Crippen molar-refractivity contribution in [1.29, 1.82) is 0 Å². The molecule has 8 heteroatoms. The Morgan fingerprint density at radius 2 is 2.08 bits per heavy atom. The Morgan fingerprint density at radius 3 is 2.85 bits per heavy atom. The van der Waals surface area contributed by atoms with Crippen molar-refractivity contribution >= 4 is 17.3 Å². The minimum Gasteiger partial charge on any atom is -0.369 e. The first-order chi connectivity index (χ1) is 12.7. The number of nitrogens with zero attached hydrogens (tertiary/aromatic N) is 5. The molecule has 0 unspecified atom stereocenters. The minimum absolute atomic E-state index is 0.0487. The van der Waals surface area contributed by atoms with Crippen molar-refractivity contribution in [3.63, 3.8) is 0 Å². The van der Waals surface area contributed by atoms with E-state index in [1.165, 1.54) is 4.88 Å². The average molecular weight is 368 g/mol. The van der Waals surface area contributed by atoms with E-state index >= 15 is 0 Å². The molecule has 0 saturated carbocycles. The molecule has 2 N–H and O–H groups in total. The largest absolute Gasteiger partial charge is 0.369 e. The molecule has 0 bridgehead atoms. The highest BCUT2D eigenvalue weighted by Gasteiger charge is 2.24. The van der Waals surface area contributed by atoms with Gasteiger partial charge in [-0.2, -0.15) is 0 Å². The highest BCUT2D eigenvalue weighted by molar-refractivity contribution is 7.11. The summed E-state index contributed by atoms with van der Waals surface area (Å²) in [4.78, 5) is 20.9. The Morgan fingerprint density at radius 1 is 1.23 bits per heavy atom. The first-order valence-electron chi connectivity index (χ1n) is 8.47. The molecule has 134 valence electrons. The fourth-order valence-electron chi connectivity index (χ4n) is 2.99. The molecule has 0 aromatic carbocycles. The molecule has 1 fully saturated rings. The molecule has 1 atom stereocenters. The van der Waals surface area contributed by atoms with Crippen LogP contribution in [0.15, 0.2) is 36.8 Å². The second-order valence-electron chi connectivity index (χ2n) is 6.22. The number of aryl methyl sites for hydroxylation is 1. The molecule has 1 aliphatic rings. The van der Waals surface area contributed by atoms with Gasteiger partial charge in [-0.3, -0.25) is 4.90 Å². The standard InChI is InChI=1S/C18H20N6OS/c1-12-20-9-14(26-12)10-24-5-6-25-17(11-24)16-4-2-3-15(23-16)13-7-21-18(19)22-8-13/h2-4,7-9,17H,5-6,10-11H2,1H3,(H2,19,21,22)/t17-/m1/s1. The molecule has 0 spiro atoms. The summed E-state index contributed by atoms with van der Waals surface area (Å²) in [6.45, 7) is 5.35. The predicted molar refractivity (Wildman–Crippen MR) is 100 cm³/mol. The van der Waals surface area contributed by atoms with Crippen molar-refractivity contribution < 1.29 is 4.74 Å². The van der Waals surface area contributed by atoms with Crippen LogP contribution in [0.1, 0.15) is 21.7 Å². The van der Waals surface area contributed by atoms with Crippen molar-refractivity contribution in [1.82, 2.24) is 24.8 Å². The second kappa shape index (κ2) is 7.45. The van der Waals surface area contributed by atoms with Crippen LogP contribution in [0.4, 0.5) is 5.95 Å². The SMILES string of the molecule is Cc1ncc(CN2CCO[C@@H](c3cccc(-c4cnc(N)nc4)n3)C2)s1. The van der Waals surface area contributed by atoms with E-state index in [2.05, 4.69) is 19.9 Å². The number of pyridine rings is 1. The van der Waals surface area contributed by atoms with Gasteiger partial charge in [-0.15, -0.1) is 11.3 Å². The molecule has 0 amide bonds. The minimum atomic E-state index is -0.0487. The van der Waals surface area contributed by atoms with Crippen LogP contribution in [0, 0.1) is 6.92 Å². The number of morpholine rings is 1. The van der Waals surface area contributed by atoms with E-state index in [1.54, 1.807) is 23.7 Å². The van der Waals surface area contributed by atoms with Crippen molar-refractivity contribution in [2.24, 2.45) is 0 Å². The summed E-state index contributed by atoms with van der Waals surface area (Å²) in [6, 6.07) is 5.94. The summed E-state index contributed by atoms with van der Waals surface area (Å²) in [5.41, 5.74) is 8.14. The number of nitrogen functional groups attached to an aromatic ring is 1. The first-order valence-corrected chi connectivity index (χ1v) is 9.29. The lowest BCUT2D eigenvalue weighted by Crippen LogP contribution is -2.37. The Kier molecular flexibility index (Phi) is 4.87. The Labute approximate surface area is 155 Å². The van der Waals surface area contributed by atoms with E-state index < -0.39 is 0 Å². The van der Waals surface area contributed by atoms with Crippen LogP contribution in [-0.2, 0) is 11.3 Å². The maximum absolute atomic E-state index is 5.98. The van der Waals surface area contributed by atoms with Gasteiger partial charge in [0.15, 0.2) is 0 Å². The van der Waals surface area contributed by atoms with Crippen LogP contribution in [-0.4, -0.2) is 44.5 Å². The molecule has 1 saturated heterocycles. The molecule has 4 rings (SSSR count). The van der Waals surface area contributed by atoms with Crippen molar-refractivity contribution in [3.8, 4) is 11.3 Å². The first kappa shape index (κ1) is 17.0. The Balaban J connectivity index is 1.49. The van der Waals surface area contributed by atoms with Gasteiger partial charge in [0.2, 0.25) is 5.95 Å². The lowest BCUT2D eigenvalue weighted by molar-refractivity contribution is -0.0346. The van der Waals surface area contributed by atoms with Gasteiger partial charge in [-0.05, 0) is 19.1 Å². The van der Waals surface area contributed by atoms with Crippen LogP contribution >= 0.6 is 11.3 Å². The smallest absolute Gasteiger partial charge is 0.219 e. The van der Waals surface area contributed by atoms with Gasteiger partial charge in [0.1, 0.15) is 6.10 Å². The van der Waals surface area contributed by atoms with Crippen LogP contribution < -0.4 is 5.73 Å². The van der Waals surface area contributed by atoms with Gasteiger partial charge in [0, 0.05) is 48.7 Å². The Bertz CT molecular complexity index is 881. The number of anilines is 1. The van der Waals surface area contributed by atoms with Crippen LogP contribution in [0.3, 0.4) is 0 Å². The molecule has 4 heterocycles. The van der Waals surface area contributed by atoms with Crippen LogP contribution in [0.5, 0.6) is 0 Å². The number of aromatic nitrogens is 4. The van der Waals surface area contributed by atoms with Crippen molar-refractivity contribution in [2.45, 2.75) is 19.6 Å². The van der Waals surface area contributed by atoms with E-state index in [1.807, 2.05) is 31.3 Å². The number of hydrogen-bond donors (Lipinski definition) is 1. The third-order valence-electron chi connectivity index (χ3n) is 4.27. The summed E-state index contributed by atoms with van der Waals surface area (Å²) in [5, 5.41) is 1.10. The maximum Gasteiger partial charge on any atom is 0.219 e. The number of rotatable bonds is 4. The monoisotopic (exact) mass is 368 g/mol. The Hall–Kier alpha value is -2.42. The lowest BCUT2D eigenvalue weighted by Gasteiger charge is -2.32. The van der Waals surface area contributed by atoms with E-state index in [-0.39, 0.29) is 12.1 Å². The molecule has 26 heavy (non-hydrogen) atoms. The third kappa shape index (κ3) is 3.87. The molecule has 1 aliphatic heterocycles. The van der Waals surface area contributed by atoms with Crippen molar-refractivity contribution in [2.75, 3.05) is 25.4 Å². The number of hydrogen-bond acceptors (Lipinski definition) is 8. The highest BCUT2D eigenvalue weighted by Crippen LogP contribution is 2.25. The topological polar surface area (TPSA) is 90.0 Å². The molecule has 7 nitrogen and oxygen atoms in total. The molecule has 3 aromatic heterocycles. The maximum atomic E-state index is 5.98. The van der Waals surface area contributed by atoms with Gasteiger partial charge in [0.25, 0.3) is 0 Å². The molecular formula is C18H20N6OS. The highest BCUT2D eigenvalue weighted by atomic mass is 32.1. The van der Waals surface area contributed by atoms with Gasteiger partial charge >= 0.3 is 0 Å². The van der Waals surface area contributed by atoms with E-state index in [0.29, 0.717) is 6.61 Å². The zero-order valence-electron chi connectivity index (χ0n) is 14.5. The van der Waals surface area contributed by atoms with Crippen molar-refractivity contribution in [3.05, 3.63) is 52.4 Å². The number of nitrogens with two attached hydrogens (primary N) is 1. The third-order valence-corrected chi connectivity index (χ3v) is 5.16. The molecular weight excluding hydrogens is 348 g/mol. The number of ether oxygens (including phenoxy) is 1. The lowest BCUT2D eigenvalue weighted by atomic mass is 10.1. The van der Waals surface area contributed by atoms with Gasteiger partial charge < -0.3 is 10.5 Å².